The molecule has 62 valence electrons. The van der Waals surface area contributed by atoms with E-state index in [1.807, 2.05) is 6.92 Å². The summed E-state index contributed by atoms with van der Waals surface area (Å²) in [5.41, 5.74) is 5.60. The second kappa shape index (κ2) is 4.13. The van der Waals surface area contributed by atoms with Gasteiger partial charge in [0.2, 0.25) is 0 Å². The molecule has 3 N–H and O–H groups in total. The maximum atomic E-state index is 8.92. The third-order valence-electron chi connectivity index (χ3n) is 1.72. The maximum Gasteiger partial charge on any atom is 0.155 e. The number of aliphatic hydroxyl groups is 1. The molecule has 0 amide bonds. The lowest BCUT2D eigenvalue weighted by Gasteiger charge is -2.29. The van der Waals surface area contributed by atoms with Crippen molar-refractivity contribution in [3.8, 4) is 0 Å². The van der Waals surface area contributed by atoms with Crippen LogP contribution >= 0.6 is 12.4 Å². The van der Waals surface area contributed by atoms with E-state index in [0.29, 0.717) is 6.42 Å². The van der Waals surface area contributed by atoms with Gasteiger partial charge in [-0.3, -0.25) is 0 Å². The summed E-state index contributed by atoms with van der Waals surface area (Å²) in [6, 6.07) is 0.105. The number of halogens is 1. The van der Waals surface area contributed by atoms with Crippen LogP contribution in [0, 0.1) is 0 Å². The van der Waals surface area contributed by atoms with Crippen LogP contribution in [0.4, 0.5) is 0 Å². The first kappa shape index (κ1) is 10.2. The van der Waals surface area contributed by atoms with Gasteiger partial charge in [0.25, 0.3) is 0 Å². The zero-order chi connectivity index (χ0) is 6.85. The molecular weight excluding hydrogens is 154 g/mol. The fourth-order valence-electron chi connectivity index (χ4n) is 0.986. The summed E-state index contributed by atoms with van der Waals surface area (Å²) in [5.74, 6) is 0. The van der Waals surface area contributed by atoms with E-state index >= 15 is 0 Å². The molecule has 0 radical (unpaired) electrons. The zero-order valence-corrected chi connectivity index (χ0v) is 6.80. The summed E-state index contributed by atoms with van der Waals surface area (Å²) in [5, 5.41) is 8.92. The molecule has 1 aliphatic heterocycles. The van der Waals surface area contributed by atoms with Crippen molar-refractivity contribution in [2.24, 2.45) is 5.73 Å². The Morgan fingerprint density at radius 3 is 2.50 bits per heavy atom. The molecule has 1 unspecified atom stereocenters. The number of hydrogen-bond donors (Lipinski definition) is 2. The molecule has 1 fully saturated rings. The van der Waals surface area contributed by atoms with Gasteiger partial charge in [0, 0.05) is 6.04 Å². The van der Waals surface area contributed by atoms with Crippen LogP contribution in [0.5, 0.6) is 0 Å². The summed E-state index contributed by atoms with van der Waals surface area (Å²) >= 11 is 0. The Kier molecular flexibility index (Phi) is 4.20. The maximum absolute atomic E-state index is 8.92. The number of ether oxygens (including phenoxy) is 1. The summed E-state index contributed by atoms with van der Waals surface area (Å²) in [6.45, 7) is 1.88. The minimum absolute atomic E-state index is 0. The normalized spacial score (nSPS) is 40.5. The second-order valence-corrected chi connectivity index (χ2v) is 2.54. The lowest BCUT2D eigenvalue weighted by atomic mass is 10.0. The molecule has 0 aromatic carbocycles. The van der Waals surface area contributed by atoms with Gasteiger partial charge >= 0.3 is 0 Å². The Morgan fingerprint density at radius 1 is 1.50 bits per heavy atom. The number of hydrogen-bond acceptors (Lipinski definition) is 3. The quantitative estimate of drug-likeness (QED) is 0.544. The van der Waals surface area contributed by atoms with Crippen LogP contribution < -0.4 is 5.73 Å². The molecule has 10 heavy (non-hydrogen) atoms. The van der Waals surface area contributed by atoms with Gasteiger partial charge in [0.1, 0.15) is 0 Å². The molecule has 1 saturated heterocycles. The van der Waals surface area contributed by atoms with Gasteiger partial charge < -0.3 is 15.6 Å². The molecule has 1 heterocycles. The SMILES string of the molecule is C[C@@H]1OC(O)CC[C@H]1N.Cl. The fraction of sp³-hybridized carbons (Fsp3) is 1.00. The van der Waals surface area contributed by atoms with Gasteiger partial charge in [0.15, 0.2) is 6.29 Å². The van der Waals surface area contributed by atoms with Gasteiger partial charge in [-0.05, 0) is 19.8 Å². The van der Waals surface area contributed by atoms with E-state index in [9.17, 15) is 0 Å². The van der Waals surface area contributed by atoms with E-state index in [1.54, 1.807) is 0 Å². The molecule has 4 heteroatoms. The number of rotatable bonds is 0. The van der Waals surface area contributed by atoms with Crippen molar-refractivity contribution >= 4 is 12.4 Å². The van der Waals surface area contributed by atoms with Crippen LogP contribution in [0.3, 0.4) is 0 Å². The molecule has 0 spiro atoms. The topological polar surface area (TPSA) is 55.5 Å². The Labute approximate surface area is 67.0 Å². The molecule has 0 aromatic heterocycles. The Morgan fingerprint density at radius 2 is 2.10 bits per heavy atom. The molecule has 0 aromatic rings. The Hall–Kier alpha value is 0.170. The van der Waals surface area contributed by atoms with E-state index in [0.717, 1.165) is 6.42 Å². The monoisotopic (exact) mass is 167 g/mol. The standard InChI is InChI=1S/C6H13NO2.ClH/c1-4-5(7)2-3-6(8)9-4;/h4-6,8H,2-3,7H2,1H3;1H/t4-,5+,6?;/m0./s1. The van der Waals surface area contributed by atoms with Crippen LogP contribution in [0.1, 0.15) is 19.8 Å². The second-order valence-electron chi connectivity index (χ2n) is 2.54. The largest absolute Gasteiger partial charge is 0.368 e. The van der Waals surface area contributed by atoms with Gasteiger partial charge in [-0.15, -0.1) is 12.4 Å². The van der Waals surface area contributed by atoms with Crippen molar-refractivity contribution in [1.29, 1.82) is 0 Å². The summed E-state index contributed by atoms with van der Waals surface area (Å²) in [6.07, 6.45) is 0.960. The van der Waals surface area contributed by atoms with Crippen molar-refractivity contribution in [2.45, 2.75) is 38.2 Å². The fourth-order valence-corrected chi connectivity index (χ4v) is 0.986. The van der Waals surface area contributed by atoms with Gasteiger partial charge in [-0.25, -0.2) is 0 Å². The molecule has 0 saturated carbocycles. The highest BCUT2D eigenvalue weighted by atomic mass is 35.5. The lowest BCUT2D eigenvalue weighted by Crippen LogP contribution is -2.42. The van der Waals surface area contributed by atoms with E-state index in [1.165, 1.54) is 0 Å². The Balaban J connectivity index is 0.000000810. The third-order valence-corrected chi connectivity index (χ3v) is 1.72. The zero-order valence-electron chi connectivity index (χ0n) is 5.99. The van der Waals surface area contributed by atoms with Crippen molar-refractivity contribution < 1.29 is 9.84 Å². The molecule has 1 rings (SSSR count). The first-order valence-electron chi connectivity index (χ1n) is 3.29. The molecule has 0 aliphatic carbocycles. The van der Waals surface area contributed by atoms with Crippen LogP contribution in [-0.2, 0) is 4.74 Å². The highest BCUT2D eigenvalue weighted by Gasteiger charge is 2.23. The average Bonchev–Trinajstić information content (AvgIpc) is 1.80. The summed E-state index contributed by atoms with van der Waals surface area (Å²) in [4.78, 5) is 0. The van der Waals surface area contributed by atoms with E-state index < -0.39 is 6.29 Å². The smallest absolute Gasteiger partial charge is 0.155 e. The van der Waals surface area contributed by atoms with Crippen LogP contribution in [0.25, 0.3) is 0 Å². The van der Waals surface area contributed by atoms with Crippen LogP contribution in [-0.4, -0.2) is 23.5 Å². The van der Waals surface area contributed by atoms with Crippen LogP contribution in [0.2, 0.25) is 0 Å². The minimum Gasteiger partial charge on any atom is -0.368 e. The van der Waals surface area contributed by atoms with Crippen molar-refractivity contribution in [2.75, 3.05) is 0 Å². The molecular formula is C6H14ClNO2. The van der Waals surface area contributed by atoms with Crippen molar-refractivity contribution in [3.63, 3.8) is 0 Å². The highest BCUT2D eigenvalue weighted by Crippen LogP contribution is 2.15. The molecule has 3 nitrogen and oxygen atoms in total. The van der Waals surface area contributed by atoms with Crippen molar-refractivity contribution in [1.82, 2.24) is 0 Å². The summed E-state index contributed by atoms with van der Waals surface area (Å²) < 4.78 is 5.03. The number of aliphatic hydroxyl groups excluding tert-OH is 1. The Bertz CT molecular complexity index is 102. The van der Waals surface area contributed by atoms with E-state index in [-0.39, 0.29) is 24.6 Å². The van der Waals surface area contributed by atoms with Crippen molar-refractivity contribution in [3.05, 3.63) is 0 Å². The molecule has 1 aliphatic rings. The predicted octanol–water partition coefficient (Wildman–Crippen LogP) is 0.253. The van der Waals surface area contributed by atoms with Crippen LogP contribution in [0.15, 0.2) is 0 Å². The van der Waals surface area contributed by atoms with Gasteiger partial charge in [-0.2, -0.15) is 0 Å². The van der Waals surface area contributed by atoms with E-state index in [2.05, 4.69) is 0 Å². The first-order valence-corrected chi connectivity index (χ1v) is 3.29. The van der Waals surface area contributed by atoms with Gasteiger partial charge in [-0.1, -0.05) is 0 Å². The summed E-state index contributed by atoms with van der Waals surface area (Å²) in [7, 11) is 0. The minimum atomic E-state index is -0.584. The molecule has 0 bridgehead atoms. The third kappa shape index (κ3) is 2.42. The number of nitrogens with two attached hydrogens (primary N) is 1. The predicted molar refractivity (Wildman–Crippen MR) is 41.0 cm³/mol. The van der Waals surface area contributed by atoms with E-state index in [4.69, 9.17) is 15.6 Å². The average molecular weight is 168 g/mol. The highest BCUT2D eigenvalue weighted by molar-refractivity contribution is 5.85. The molecule has 3 atom stereocenters. The first-order chi connectivity index (χ1) is 4.20. The lowest BCUT2D eigenvalue weighted by molar-refractivity contribution is -0.162. The van der Waals surface area contributed by atoms with Gasteiger partial charge in [0.05, 0.1) is 6.10 Å².